The first-order chi connectivity index (χ1) is 15.9. The number of esters is 1. The molecule has 0 spiro atoms. The van der Waals surface area contributed by atoms with Gasteiger partial charge in [-0.15, -0.1) is 11.3 Å². The van der Waals surface area contributed by atoms with Crippen molar-refractivity contribution in [1.29, 1.82) is 10.5 Å². The fourth-order valence-corrected chi connectivity index (χ4v) is 5.41. The molecule has 8 heteroatoms. The number of carbonyl (C=O) groups excluding carboxylic acids is 2. The summed E-state index contributed by atoms with van der Waals surface area (Å²) in [7, 11) is 0. The lowest BCUT2D eigenvalue weighted by molar-refractivity contribution is -0.142. The van der Waals surface area contributed by atoms with Gasteiger partial charge in [0.1, 0.15) is 22.7 Å². The van der Waals surface area contributed by atoms with E-state index >= 15 is 0 Å². The smallest absolute Gasteiger partial charge is 0.349 e. The van der Waals surface area contributed by atoms with E-state index in [2.05, 4.69) is 22.9 Å². The molecule has 0 saturated heterocycles. The maximum atomic E-state index is 12.4. The van der Waals surface area contributed by atoms with Crippen LogP contribution in [0.4, 0.5) is 5.00 Å². The number of nitrogens with zero attached hydrogens (tertiary/aromatic N) is 3. The van der Waals surface area contributed by atoms with Gasteiger partial charge in [-0.05, 0) is 69.2 Å². The van der Waals surface area contributed by atoms with Crippen molar-refractivity contribution in [2.24, 2.45) is 0 Å². The number of rotatable bonds is 7. The normalized spacial score (nSPS) is 13.4. The van der Waals surface area contributed by atoms with Crippen LogP contribution < -0.4 is 5.32 Å². The summed E-state index contributed by atoms with van der Waals surface area (Å²) in [6.07, 6.45) is 7.48. The van der Waals surface area contributed by atoms with Crippen molar-refractivity contribution in [1.82, 2.24) is 4.57 Å². The molecule has 3 rings (SSSR count). The fraction of sp³-hybridized carbons (Fsp3) is 0.440. The highest BCUT2D eigenvalue weighted by Gasteiger charge is 2.22. The lowest BCUT2D eigenvalue weighted by Gasteiger charge is -2.07. The average Bonchev–Trinajstić information content (AvgIpc) is 3.14. The summed E-state index contributed by atoms with van der Waals surface area (Å²) in [6, 6.07) is 6.01. The number of amides is 1. The Kier molecular flexibility index (Phi) is 8.08. The number of aryl methyl sites for hydroxylation is 2. The lowest BCUT2D eigenvalue weighted by Crippen LogP contribution is -2.21. The summed E-state index contributed by atoms with van der Waals surface area (Å²) < 4.78 is 7.23. The third-order valence-corrected chi connectivity index (χ3v) is 7.03. The predicted molar refractivity (Wildman–Crippen MR) is 128 cm³/mol. The van der Waals surface area contributed by atoms with Crippen LogP contribution in [-0.2, 0) is 33.7 Å². The van der Waals surface area contributed by atoms with Crippen LogP contribution in [0.25, 0.3) is 6.08 Å². The maximum absolute atomic E-state index is 12.4. The zero-order chi connectivity index (χ0) is 24.0. The first kappa shape index (κ1) is 24.3. The number of aromatic nitrogens is 1. The number of thiophene rings is 1. The minimum atomic E-state index is -0.851. The Morgan fingerprint density at radius 1 is 1.24 bits per heavy atom. The van der Waals surface area contributed by atoms with E-state index in [4.69, 9.17) is 4.74 Å². The zero-order valence-corrected chi connectivity index (χ0v) is 20.1. The molecule has 0 aliphatic heterocycles. The Balaban J connectivity index is 1.66. The first-order valence-electron chi connectivity index (χ1n) is 11.2. The summed E-state index contributed by atoms with van der Waals surface area (Å²) in [6.45, 7) is 6.34. The Bertz CT molecular complexity index is 1170. The molecule has 33 heavy (non-hydrogen) atoms. The van der Waals surface area contributed by atoms with Gasteiger partial charge in [0.2, 0.25) is 0 Å². The van der Waals surface area contributed by atoms with Crippen molar-refractivity contribution in [2.75, 3.05) is 11.9 Å². The van der Waals surface area contributed by atoms with E-state index in [-0.39, 0.29) is 5.57 Å². The Hall–Kier alpha value is -3.36. The summed E-state index contributed by atoms with van der Waals surface area (Å²) in [5.41, 5.74) is 4.17. The van der Waals surface area contributed by atoms with Crippen LogP contribution in [0.15, 0.2) is 11.6 Å². The SMILES string of the molecule is CCCn1c(C)cc(/C=C(\C#N)C(=O)OCC(=O)Nc2sc3c(c2C#N)CCCCC3)c1C. The number of hydrogen-bond acceptors (Lipinski definition) is 6. The van der Waals surface area contributed by atoms with Crippen molar-refractivity contribution < 1.29 is 14.3 Å². The van der Waals surface area contributed by atoms with Crippen molar-refractivity contribution in [3.63, 3.8) is 0 Å². The standard InChI is InChI=1S/C25H28N4O3S/c1-4-10-29-16(2)11-18(17(29)3)12-19(13-26)25(31)32-15-23(30)28-24-21(14-27)20-8-6-5-7-9-22(20)33-24/h11-12H,4-10,15H2,1-3H3,(H,28,30)/b19-12+. The summed E-state index contributed by atoms with van der Waals surface area (Å²) >= 11 is 1.42. The zero-order valence-electron chi connectivity index (χ0n) is 19.3. The molecule has 1 aliphatic rings. The second kappa shape index (κ2) is 11.0. The molecule has 0 atom stereocenters. The number of anilines is 1. The van der Waals surface area contributed by atoms with Crippen LogP contribution in [0.2, 0.25) is 0 Å². The van der Waals surface area contributed by atoms with Crippen molar-refractivity contribution in [3.8, 4) is 12.1 Å². The molecule has 1 aliphatic carbocycles. The van der Waals surface area contributed by atoms with E-state index in [1.54, 1.807) is 0 Å². The van der Waals surface area contributed by atoms with Crippen LogP contribution in [0, 0.1) is 36.5 Å². The summed E-state index contributed by atoms with van der Waals surface area (Å²) in [5, 5.41) is 22.2. The van der Waals surface area contributed by atoms with Crippen LogP contribution >= 0.6 is 11.3 Å². The van der Waals surface area contributed by atoms with Crippen LogP contribution in [0.3, 0.4) is 0 Å². The molecule has 7 nitrogen and oxygen atoms in total. The van der Waals surface area contributed by atoms with Gasteiger partial charge < -0.3 is 14.6 Å². The number of carbonyl (C=O) groups is 2. The van der Waals surface area contributed by atoms with E-state index in [1.807, 2.05) is 26.0 Å². The highest BCUT2D eigenvalue weighted by molar-refractivity contribution is 7.16. The fourth-order valence-electron chi connectivity index (χ4n) is 4.15. The largest absolute Gasteiger partial charge is 0.451 e. The molecule has 0 radical (unpaired) electrons. The van der Waals surface area contributed by atoms with Gasteiger partial charge in [0.05, 0.1) is 5.56 Å². The Morgan fingerprint density at radius 3 is 2.70 bits per heavy atom. The third-order valence-electron chi connectivity index (χ3n) is 5.82. The molecule has 1 amide bonds. The number of fused-ring (bicyclic) bond motifs is 1. The van der Waals surface area contributed by atoms with Gasteiger partial charge in [0.25, 0.3) is 5.91 Å². The second-order valence-electron chi connectivity index (χ2n) is 8.15. The molecule has 2 aromatic heterocycles. The molecular formula is C25H28N4O3S. The van der Waals surface area contributed by atoms with E-state index in [9.17, 15) is 20.1 Å². The van der Waals surface area contributed by atoms with Gasteiger partial charge in [-0.3, -0.25) is 4.79 Å². The van der Waals surface area contributed by atoms with E-state index in [0.717, 1.165) is 72.5 Å². The first-order valence-corrected chi connectivity index (χ1v) is 12.0. The number of ether oxygens (including phenoxy) is 1. The molecular weight excluding hydrogens is 436 g/mol. The molecule has 0 bridgehead atoms. The molecule has 0 saturated carbocycles. The summed E-state index contributed by atoms with van der Waals surface area (Å²) in [5.74, 6) is -1.38. The van der Waals surface area contributed by atoms with Crippen LogP contribution in [-0.4, -0.2) is 23.1 Å². The van der Waals surface area contributed by atoms with E-state index in [0.29, 0.717) is 10.6 Å². The molecule has 2 heterocycles. The minimum Gasteiger partial charge on any atom is -0.451 e. The molecule has 0 fully saturated rings. The van der Waals surface area contributed by atoms with Gasteiger partial charge in [-0.1, -0.05) is 13.3 Å². The molecule has 0 unspecified atom stereocenters. The van der Waals surface area contributed by atoms with Crippen LogP contribution in [0.5, 0.6) is 0 Å². The number of hydrogen-bond donors (Lipinski definition) is 1. The second-order valence-corrected chi connectivity index (χ2v) is 9.26. The molecule has 1 N–H and O–H groups in total. The van der Waals surface area contributed by atoms with E-state index < -0.39 is 18.5 Å². The quantitative estimate of drug-likeness (QED) is 0.274. The van der Waals surface area contributed by atoms with Crippen molar-refractivity contribution in [2.45, 2.75) is 65.8 Å². The maximum Gasteiger partial charge on any atom is 0.349 e. The molecule has 172 valence electrons. The van der Waals surface area contributed by atoms with Gasteiger partial charge in [-0.25, -0.2) is 4.79 Å². The van der Waals surface area contributed by atoms with Gasteiger partial charge in [0.15, 0.2) is 6.61 Å². The monoisotopic (exact) mass is 464 g/mol. The Labute approximate surface area is 198 Å². The van der Waals surface area contributed by atoms with E-state index in [1.165, 1.54) is 17.4 Å². The topological polar surface area (TPSA) is 108 Å². The third kappa shape index (κ3) is 5.53. The van der Waals surface area contributed by atoms with Crippen LogP contribution in [0.1, 0.15) is 65.6 Å². The molecule has 2 aromatic rings. The highest BCUT2D eigenvalue weighted by atomic mass is 32.1. The van der Waals surface area contributed by atoms with Crippen molar-refractivity contribution >= 4 is 34.3 Å². The highest BCUT2D eigenvalue weighted by Crippen LogP contribution is 2.36. The lowest BCUT2D eigenvalue weighted by atomic mass is 10.1. The van der Waals surface area contributed by atoms with Gasteiger partial charge in [0, 0.05) is 22.8 Å². The van der Waals surface area contributed by atoms with Gasteiger partial charge >= 0.3 is 5.97 Å². The minimum absolute atomic E-state index is 0.167. The predicted octanol–water partition coefficient (Wildman–Crippen LogP) is 4.81. The van der Waals surface area contributed by atoms with Crippen molar-refractivity contribution in [3.05, 3.63) is 44.6 Å². The van der Waals surface area contributed by atoms with Gasteiger partial charge in [-0.2, -0.15) is 10.5 Å². The number of nitrogens with one attached hydrogen (secondary N) is 1. The molecule has 0 aromatic carbocycles. The summed E-state index contributed by atoms with van der Waals surface area (Å²) in [4.78, 5) is 26.0. The average molecular weight is 465 g/mol. The number of nitriles is 2. The Morgan fingerprint density at radius 2 is 2.00 bits per heavy atom.